The van der Waals surface area contributed by atoms with Crippen LogP contribution in [0.3, 0.4) is 0 Å². The first-order valence-electron chi connectivity index (χ1n) is 6.06. The number of halogens is 1. The van der Waals surface area contributed by atoms with Gasteiger partial charge in [-0.1, -0.05) is 65.1 Å². The molecule has 1 amide bonds. The quantitative estimate of drug-likeness (QED) is 0.373. The van der Waals surface area contributed by atoms with Gasteiger partial charge in [0.25, 0.3) is 5.91 Å². The molecule has 0 saturated carbocycles. The van der Waals surface area contributed by atoms with Crippen LogP contribution in [0.5, 0.6) is 5.75 Å². The first kappa shape index (κ1) is 14.8. The number of rotatable bonds is 5. The van der Waals surface area contributed by atoms with E-state index in [4.69, 9.17) is 4.74 Å². The van der Waals surface area contributed by atoms with Gasteiger partial charge in [0, 0.05) is 0 Å². The Bertz CT molecular complexity index is 574. The van der Waals surface area contributed by atoms with Gasteiger partial charge in [0.2, 0.25) is 0 Å². The molecule has 0 aliphatic carbocycles. The van der Waals surface area contributed by atoms with Gasteiger partial charge in [0.05, 0.1) is 4.43 Å². The van der Waals surface area contributed by atoms with Crippen LogP contribution in [-0.4, -0.2) is 15.5 Å². The molecule has 0 unspecified atom stereocenters. The summed E-state index contributed by atoms with van der Waals surface area (Å²) in [6, 6.07) is 16.6. The monoisotopic (exact) mass is 383 g/mol. The normalized spacial score (nSPS) is 10.1. The van der Waals surface area contributed by atoms with Crippen molar-refractivity contribution in [2.24, 2.45) is 0 Å². The smallest absolute Gasteiger partial charge is 0.260 e. The highest BCUT2D eigenvalue weighted by Crippen LogP contribution is 2.28. The number of carbonyl (C=O) groups excluding carboxylic acids is 1. The number of alkyl halides is 1. The number of hydroxylamine groups is 1. The van der Waals surface area contributed by atoms with Gasteiger partial charge in [-0.25, -0.2) is 0 Å². The number of hydrogen-bond acceptors (Lipinski definition) is 3. The molecule has 0 aliphatic rings. The summed E-state index contributed by atoms with van der Waals surface area (Å²) < 4.78 is 5.88. The van der Waals surface area contributed by atoms with E-state index in [2.05, 4.69) is 0 Å². The summed E-state index contributed by atoms with van der Waals surface area (Å²) in [7, 11) is 0. The predicted octanol–water partition coefficient (Wildman–Crippen LogP) is 3.42. The molecule has 0 aliphatic heterocycles. The molecule has 0 fully saturated rings. The van der Waals surface area contributed by atoms with Gasteiger partial charge in [-0.05, 0) is 17.7 Å². The van der Waals surface area contributed by atoms with Crippen molar-refractivity contribution in [3.05, 3.63) is 60.2 Å². The van der Waals surface area contributed by atoms with Crippen LogP contribution in [0.15, 0.2) is 54.6 Å². The minimum absolute atomic E-state index is 0.196. The van der Waals surface area contributed by atoms with Crippen LogP contribution < -0.4 is 9.80 Å². The van der Waals surface area contributed by atoms with Gasteiger partial charge >= 0.3 is 0 Å². The molecule has 0 radical (unpaired) electrons. The van der Waals surface area contributed by atoms with Crippen molar-refractivity contribution in [1.82, 2.24) is 0 Å². The average molecular weight is 383 g/mol. The standard InChI is InChI=1S/C15H14INO3/c16-10-15(18)17(19)13-8-4-5-9-14(13)20-11-12-6-2-1-3-7-12/h1-9,19H,10-11H2. The van der Waals surface area contributed by atoms with Gasteiger partial charge in [-0.3, -0.25) is 10.0 Å². The highest BCUT2D eigenvalue weighted by Gasteiger charge is 2.16. The van der Waals surface area contributed by atoms with E-state index in [1.807, 2.05) is 52.9 Å². The number of carbonyl (C=O) groups is 1. The van der Waals surface area contributed by atoms with E-state index in [-0.39, 0.29) is 10.3 Å². The highest BCUT2D eigenvalue weighted by atomic mass is 127. The van der Waals surface area contributed by atoms with E-state index in [0.29, 0.717) is 23.1 Å². The molecule has 2 rings (SSSR count). The molecule has 104 valence electrons. The van der Waals surface area contributed by atoms with Crippen LogP contribution in [0, 0.1) is 0 Å². The van der Waals surface area contributed by atoms with Crippen molar-refractivity contribution in [3.8, 4) is 5.75 Å². The zero-order chi connectivity index (χ0) is 14.4. The summed E-state index contributed by atoms with van der Waals surface area (Å²) in [5, 5.41) is 10.5. The van der Waals surface area contributed by atoms with E-state index < -0.39 is 0 Å². The van der Waals surface area contributed by atoms with Crippen molar-refractivity contribution < 1.29 is 14.7 Å². The molecule has 2 aromatic carbocycles. The molecule has 0 spiro atoms. The third-order valence-electron chi connectivity index (χ3n) is 2.68. The van der Waals surface area contributed by atoms with E-state index in [9.17, 15) is 10.0 Å². The number of ether oxygens (including phenoxy) is 1. The fraction of sp³-hybridized carbons (Fsp3) is 0.133. The number of benzene rings is 2. The minimum atomic E-state index is -0.388. The minimum Gasteiger partial charge on any atom is -0.487 e. The van der Waals surface area contributed by atoms with Crippen LogP contribution in [0.2, 0.25) is 0 Å². The molecule has 1 N–H and O–H groups in total. The van der Waals surface area contributed by atoms with Gasteiger partial charge in [0.1, 0.15) is 18.0 Å². The molecule has 0 bridgehead atoms. The SMILES string of the molecule is O=C(CI)N(O)c1ccccc1OCc1ccccc1. The fourth-order valence-corrected chi connectivity index (χ4v) is 2.00. The lowest BCUT2D eigenvalue weighted by Gasteiger charge is -2.17. The van der Waals surface area contributed by atoms with E-state index in [1.54, 1.807) is 24.3 Å². The molecular weight excluding hydrogens is 369 g/mol. The van der Waals surface area contributed by atoms with Crippen LogP contribution in [0.4, 0.5) is 5.69 Å². The van der Waals surface area contributed by atoms with E-state index in [1.165, 1.54) is 0 Å². The maximum atomic E-state index is 11.6. The van der Waals surface area contributed by atoms with E-state index >= 15 is 0 Å². The van der Waals surface area contributed by atoms with Crippen molar-refractivity contribution in [2.45, 2.75) is 6.61 Å². The Morgan fingerprint density at radius 1 is 1.10 bits per heavy atom. The third kappa shape index (κ3) is 3.71. The number of nitrogens with zero attached hydrogens (tertiary/aromatic N) is 1. The van der Waals surface area contributed by atoms with Crippen LogP contribution in [0.25, 0.3) is 0 Å². The molecule has 5 heteroatoms. The van der Waals surface area contributed by atoms with Crippen molar-refractivity contribution in [3.63, 3.8) is 0 Å². The summed E-state index contributed by atoms with van der Waals surface area (Å²) in [6.45, 7) is 0.379. The van der Waals surface area contributed by atoms with Crippen molar-refractivity contribution in [1.29, 1.82) is 0 Å². The average Bonchev–Trinajstić information content (AvgIpc) is 2.52. The molecule has 4 nitrogen and oxygen atoms in total. The zero-order valence-electron chi connectivity index (χ0n) is 10.7. The largest absolute Gasteiger partial charge is 0.487 e. The molecular formula is C15H14INO3. The number of para-hydroxylation sites is 2. The summed E-state index contributed by atoms with van der Waals surface area (Å²) in [6.07, 6.45) is 0. The van der Waals surface area contributed by atoms with E-state index in [0.717, 1.165) is 5.56 Å². The lowest BCUT2D eigenvalue weighted by Crippen LogP contribution is -2.28. The maximum Gasteiger partial charge on any atom is 0.260 e. The molecule has 0 saturated heterocycles. The summed E-state index contributed by atoms with van der Waals surface area (Å²) in [5.41, 5.74) is 1.37. The van der Waals surface area contributed by atoms with Gasteiger partial charge in [-0.2, -0.15) is 5.06 Å². The molecule has 2 aromatic rings. The third-order valence-corrected chi connectivity index (χ3v) is 3.33. The Morgan fingerprint density at radius 3 is 2.45 bits per heavy atom. The molecule has 0 heterocycles. The highest BCUT2D eigenvalue weighted by molar-refractivity contribution is 14.1. The summed E-state index contributed by atoms with van der Waals surface area (Å²) in [5.74, 6) is 0.0819. The fourth-order valence-electron chi connectivity index (χ4n) is 1.68. The maximum absolute atomic E-state index is 11.6. The van der Waals surface area contributed by atoms with Crippen molar-refractivity contribution >= 4 is 34.2 Å². The lowest BCUT2D eigenvalue weighted by molar-refractivity contribution is -0.120. The zero-order valence-corrected chi connectivity index (χ0v) is 12.9. The Balaban J connectivity index is 2.14. The second-order valence-corrected chi connectivity index (χ2v) is 4.84. The summed E-state index contributed by atoms with van der Waals surface area (Å²) >= 11 is 1.91. The van der Waals surface area contributed by atoms with Crippen LogP contribution in [-0.2, 0) is 11.4 Å². The van der Waals surface area contributed by atoms with Gasteiger partial charge < -0.3 is 4.74 Å². The molecule has 20 heavy (non-hydrogen) atoms. The number of amides is 1. The Morgan fingerprint density at radius 2 is 1.75 bits per heavy atom. The first-order valence-corrected chi connectivity index (χ1v) is 7.58. The first-order chi connectivity index (χ1) is 9.72. The van der Waals surface area contributed by atoms with Crippen LogP contribution >= 0.6 is 22.6 Å². The predicted molar refractivity (Wildman–Crippen MR) is 85.4 cm³/mol. The summed E-state index contributed by atoms with van der Waals surface area (Å²) in [4.78, 5) is 11.6. The second-order valence-electron chi connectivity index (χ2n) is 4.08. The second kappa shape index (κ2) is 7.25. The molecule has 0 atom stereocenters. The molecule has 0 aromatic heterocycles. The Hall–Kier alpha value is -1.60. The van der Waals surface area contributed by atoms with Crippen molar-refractivity contribution in [2.75, 3.05) is 9.49 Å². The number of hydrogen-bond donors (Lipinski definition) is 1. The Labute approximate surface area is 131 Å². The topological polar surface area (TPSA) is 49.8 Å². The van der Waals surface area contributed by atoms with Gasteiger partial charge in [0.15, 0.2) is 0 Å². The van der Waals surface area contributed by atoms with Crippen LogP contribution in [0.1, 0.15) is 5.56 Å². The van der Waals surface area contributed by atoms with Gasteiger partial charge in [-0.15, -0.1) is 0 Å². The number of anilines is 1. The Kier molecular flexibility index (Phi) is 5.37. The lowest BCUT2D eigenvalue weighted by atomic mass is 10.2.